The first-order valence-corrected chi connectivity index (χ1v) is 11.5. The monoisotopic (exact) mass is 442 g/mol. The highest BCUT2D eigenvalue weighted by Crippen LogP contribution is 2.31. The average molecular weight is 443 g/mol. The maximum atomic E-state index is 13.3. The smallest absolute Gasteiger partial charge is 0.223 e. The zero-order chi connectivity index (χ0) is 22.8. The number of rotatable bonds is 5. The Hall–Kier alpha value is -3.54. The number of pyridine rings is 1. The minimum atomic E-state index is -0.234. The lowest BCUT2D eigenvalue weighted by atomic mass is 9.91. The molecule has 0 spiro atoms. The summed E-state index contributed by atoms with van der Waals surface area (Å²) in [5, 5.41) is 0. The molecule has 3 heterocycles. The molecule has 4 aromatic rings. The minimum absolute atomic E-state index is 0.179. The predicted octanol–water partition coefficient (Wildman–Crippen LogP) is 5.41. The Bertz CT molecular complexity index is 1240. The SMILES string of the molecule is Cc1cc(-c2ccc(F)cc2)cc(C2CCN(C(=O)CCc3nc4ccccc4[nH]3)CC2)n1. The molecule has 0 radical (unpaired) electrons. The number of aryl methyl sites for hydroxylation is 2. The standard InChI is InChI=1S/C27H27FN4O/c1-18-16-21(19-6-8-22(28)9-7-19)17-25(29-18)20-12-14-32(15-13-20)27(33)11-10-26-30-23-4-2-3-5-24(23)31-26/h2-9,16-17,20H,10-15H2,1H3,(H,30,31). The second-order valence-corrected chi connectivity index (χ2v) is 8.78. The van der Waals surface area contributed by atoms with E-state index in [1.165, 1.54) is 12.1 Å². The van der Waals surface area contributed by atoms with Crippen LogP contribution in [0.4, 0.5) is 4.39 Å². The maximum Gasteiger partial charge on any atom is 0.223 e. The number of likely N-dealkylation sites (tertiary alicyclic amines) is 1. The predicted molar refractivity (Wildman–Crippen MR) is 127 cm³/mol. The number of hydrogen-bond donors (Lipinski definition) is 1. The summed E-state index contributed by atoms with van der Waals surface area (Å²) in [7, 11) is 0. The fourth-order valence-electron chi connectivity index (χ4n) is 4.64. The van der Waals surface area contributed by atoms with Crippen molar-refractivity contribution in [3.8, 4) is 11.1 Å². The molecule has 1 N–H and O–H groups in total. The molecule has 33 heavy (non-hydrogen) atoms. The van der Waals surface area contributed by atoms with Gasteiger partial charge in [-0.3, -0.25) is 9.78 Å². The molecule has 5 rings (SSSR count). The molecule has 1 amide bonds. The summed E-state index contributed by atoms with van der Waals surface area (Å²) in [6.07, 6.45) is 2.88. The van der Waals surface area contributed by atoms with Crippen molar-refractivity contribution in [2.45, 2.75) is 38.5 Å². The molecule has 2 aromatic heterocycles. The van der Waals surface area contributed by atoms with Crippen LogP contribution >= 0.6 is 0 Å². The molecule has 0 bridgehead atoms. The van der Waals surface area contributed by atoms with Gasteiger partial charge in [-0.15, -0.1) is 0 Å². The van der Waals surface area contributed by atoms with Gasteiger partial charge in [0.2, 0.25) is 5.91 Å². The normalized spacial score (nSPS) is 14.7. The second kappa shape index (κ2) is 9.14. The molecule has 5 nitrogen and oxygen atoms in total. The number of piperidine rings is 1. The number of imidazole rings is 1. The van der Waals surface area contributed by atoms with Crippen LogP contribution in [0.3, 0.4) is 0 Å². The number of carbonyl (C=O) groups excluding carboxylic acids is 1. The van der Waals surface area contributed by atoms with E-state index < -0.39 is 0 Å². The number of amides is 1. The first-order valence-electron chi connectivity index (χ1n) is 11.5. The third-order valence-corrected chi connectivity index (χ3v) is 6.43. The molecule has 1 aliphatic heterocycles. The van der Waals surface area contributed by atoms with E-state index in [2.05, 4.69) is 16.0 Å². The lowest BCUT2D eigenvalue weighted by Gasteiger charge is -2.32. The molecule has 1 aliphatic rings. The van der Waals surface area contributed by atoms with E-state index in [0.29, 0.717) is 18.8 Å². The summed E-state index contributed by atoms with van der Waals surface area (Å²) < 4.78 is 13.3. The van der Waals surface area contributed by atoms with Gasteiger partial charge in [0.25, 0.3) is 0 Å². The Morgan fingerprint density at radius 1 is 1.03 bits per heavy atom. The zero-order valence-electron chi connectivity index (χ0n) is 18.7. The Morgan fingerprint density at radius 2 is 1.79 bits per heavy atom. The molecule has 0 atom stereocenters. The number of H-pyrrole nitrogens is 1. The van der Waals surface area contributed by atoms with Crippen LogP contribution in [0.1, 0.15) is 42.4 Å². The Labute approximate surface area is 192 Å². The molecule has 6 heteroatoms. The third kappa shape index (κ3) is 4.80. The molecule has 0 saturated carbocycles. The van der Waals surface area contributed by atoms with Gasteiger partial charge in [0.1, 0.15) is 11.6 Å². The number of nitrogens with zero attached hydrogens (tertiary/aromatic N) is 3. The van der Waals surface area contributed by atoms with Gasteiger partial charge in [-0.25, -0.2) is 9.37 Å². The van der Waals surface area contributed by atoms with Crippen LogP contribution in [-0.2, 0) is 11.2 Å². The number of aromatic nitrogens is 3. The number of para-hydroxylation sites is 2. The summed E-state index contributed by atoms with van der Waals surface area (Å²) in [5.74, 6) is 1.13. The van der Waals surface area contributed by atoms with Crippen LogP contribution in [0, 0.1) is 12.7 Å². The van der Waals surface area contributed by atoms with Crippen LogP contribution in [0.5, 0.6) is 0 Å². The molecule has 1 fully saturated rings. The van der Waals surface area contributed by atoms with Crippen molar-refractivity contribution < 1.29 is 9.18 Å². The minimum Gasteiger partial charge on any atom is -0.343 e. The van der Waals surface area contributed by atoms with Crippen molar-refractivity contribution in [2.24, 2.45) is 0 Å². The Morgan fingerprint density at radius 3 is 2.55 bits per heavy atom. The number of aromatic amines is 1. The van der Waals surface area contributed by atoms with Gasteiger partial charge in [-0.2, -0.15) is 0 Å². The van der Waals surface area contributed by atoms with Gasteiger partial charge in [-0.1, -0.05) is 24.3 Å². The van der Waals surface area contributed by atoms with Gasteiger partial charge in [-0.05, 0) is 67.3 Å². The summed E-state index contributed by atoms with van der Waals surface area (Å²) in [4.78, 5) is 27.4. The van der Waals surface area contributed by atoms with E-state index in [9.17, 15) is 9.18 Å². The fraction of sp³-hybridized carbons (Fsp3) is 0.296. The highest BCUT2D eigenvalue weighted by atomic mass is 19.1. The highest BCUT2D eigenvalue weighted by Gasteiger charge is 2.25. The van der Waals surface area contributed by atoms with E-state index in [-0.39, 0.29) is 11.7 Å². The fourth-order valence-corrected chi connectivity index (χ4v) is 4.64. The van der Waals surface area contributed by atoms with Crippen LogP contribution in [0.2, 0.25) is 0 Å². The number of benzene rings is 2. The van der Waals surface area contributed by atoms with E-state index in [1.807, 2.05) is 42.2 Å². The van der Waals surface area contributed by atoms with Crippen LogP contribution in [0.25, 0.3) is 22.2 Å². The highest BCUT2D eigenvalue weighted by molar-refractivity contribution is 5.77. The van der Waals surface area contributed by atoms with Crippen LogP contribution < -0.4 is 0 Å². The van der Waals surface area contributed by atoms with Crippen LogP contribution in [-0.4, -0.2) is 38.8 Å². The largest absolute Gasteiger partial charge is 0.343 e. The molecule has 168 valence electrons. The van der Waals surface area contributed by atoms with Crippen LogP contribution in [0.15, 0.2) is 60.7 Å². The zero-order valence-corrected chi connectivity index (χ0v) is 18.7. The molecule has 2 aromatic carbocycles. The van der Waals surface area contributed by atoms with E-state index in [0.717, 1.165) is 65.3 Å². The molecule has 1 saturated heterocycles. The Kier molecular flexibility index (Phi) is 5.90. The first kappa shape index (κ1) is 21.3. The first-order chi connectivity index (χ1) is 16.0. The van der Waals surface area contributed by atoms with Gasteiger partial charge >= 0.3 is 0 Å². The number of nitrogens with one attached hydrogen (secondary N) is 1. The van der Waals surface area contributed by atoms with Gasteiger partial charge in [0, 0.05) is 43.2 Å². The number of halogens is 1. The van der Waals surface area contributed by atoms with Crippen molar-refractivity contribution in [3.05, 3.63) is 83.7 Å². The van der Waals surface area contributed by atoms with Crippen molar-refractivity contribution in [2.75, 3.05) is 13.1 Å². The summed E-state index contributed by atoms with van der Waals surface area (Å²) >= 11 is 0. The lowest BCUT2D eigenvalue weighted by molar-refractivity contribution is -0.132. The molecular formula is C27H27FN4O. The summed E-state index contributed by atoms with van der Waals surface area (Å²) in [6.45, 7) is 3.48. The molecule has 0 unspecified atom stereocenters. The van der Waals surface area contributed by atoms with Gasteiger partial charge in [0.15, 0.2) is 0 Å². The number of carbonyl (C=O) groups is 1. The van der Waals surface area contributed by atoms with Crippen molar-refractivity contribution in [3.63, 3.8) is 0 Å². The summed E-state index contributed by atoms with van der Waals surface area (Å²) in [6, 6.07) is 18.6. The van der Waals surface area contributed by atoms with Gasteiger partial charge < -0.3 is 9.88 Å². The average Bonchev–Trinajstić information content (AvgIpc) is 3.26. The topological polar surface area (TPSA) is 61.9 Å². The second-order valence-electron chi connectivity index (χ2n) is 8.78. The number of hydrogen-bond acceptors (Lipinski definition) is 3. The molecule has 0 aliphatic carbocycles. The van der Waals surface area contributed by atoms with E-state index >= 15 is 0 Å². The molecular weight excluding hydrogens is 415 g/mol. The number of fused-ring (bicyclic) bond motifs is 1. The summed E-state index contributed by atoms with van der Waals surface area (Å²) in [5.41, 5.74) is 6.00. The van der Waals surface area contributed by atoms with E-state index in [1.54, 1.807) is 12.1 Å². The lowest BCUT2D eigenvalue weighted by Crippen LogP contribution is -2.38. The van der Waals surface area contributed by atoms with E-state index in [4.69, 9.17) is 4.98 Å². The van der Waals surface area contributed by atoms with Crippen molar-refractivity contribution >= 4 is 16.9 Å². The van der Waals surface area contributed by atoms with Crippen molar-refractivity contribution in [1.82, 2.24) is 19.9 Å². The third-order valence-electron chi connectivity index (χ3n) is 6.43. The maximum absolute atomic E-state index is 13.3. The quantitative estimate of drug-likeness (QED) is 0.449. The van der Waals surface area contributed by atoms with Crippen molar-refractivity contribution in [1.29, 1.82) is 0 Å². The Balaban J connectivity index is 1.20. The van der Waals surface area contributed by atoms with Gasteiger partial charge in [0.05, 0.1) is 11.0 Å².